The summed E-state index contributed by atoms with van der Waals surface area (Å²) in [5.41, 5.74) is 0. The van der Waals surface area contributed by atoms with E-state index in [-0.39, 0.29) is 13.1 Å². The summed E-state index contributed by atoms with van der Waals surface area (Å²) in [6.45, 7) is 3.14. The van der Waals surface area contributed by atoms with Gasteiger partial charge in [0.25, 0.3) is 10.2 Å². The maximum absolute atomic E-state index is 12.6. The Morgan fingerprint density at radius 2 is 2.18 bits per heavy atom. The molecule has 22 heavy (non-hydrogen) atoms. The Labute approximate surface area is 134 Å². The van der Waals surface area contributed by atoms with Crippen molar-refractivity contribution in [2.24, 2.45) is 5.92 Å². The van der Waals surface area contributed by atoms with E-state index in [0.29, 0.717) is 32.4 Å². The maximum Gasteiger partial charge on any atom is 0.306 e. The normalized spacial score (nSPS) is 17.9. The van der Waals surface area contributed by atoms with Crippen molar-refractivity contribution >= 4 is 27.5 Å². The number of nitrogens with zero attached hydrogens (tertiary/aromatic N) is 3. The van der Waals surface area contributed by atoms with Gasteiger partial charge in [0.15, 0.2) is 0 Å². The number of carboxylic acid groups (broad SMARTS) is 1. The zero-order chi connectivity index (χ0) is 16.2. The molecule has 0 radical (unpaired) electrons. The van der Waals surface area contributed by atoms with Crippen molar-refractivity contribution in [3.63, 3.8) is 0 Å². The molecule has 7 nitrogen and oxygen atoms in total. The van der Waals surface area contributed by atoms with Crippen molar-refractivity contribution in [3.8, 4) is 0 Å². The van der Waals surface area contributed by atoms with E-state index >= 15 is 0 Å². The Hall–Kier alpha value is -1.03. The van der Waals surface area contributed by atoms with E-state index in [2.05, 4.69) is 4.98 Å². The van der Waals surface area contributed by atoms with Gasteiger partial charge in [-0.3, -0.25) is 4.79 Å². The molecule has 1 aliphatic rings. The number of piperidine rings is 1. The van der Waals surface area contributed by atoms with Gasteiger partial charge < -0.3 is 5.11 Å². The highest BCUT2D eigenvalue weighted by Gasteiger charge is 2.34. The lowest BCUT2D eigenvalue weighted by Crippen LogP contribution is -2.48. The number of aliphatic carboxylic acids is 1. The molecule has 1 aromatic rings. The minimum Gasteiger partial charge on any atom is -0.481 e. The van der Waals surface area contributed by atoms with E-state index in [1.165, 1.54) is 19.9 Å². The van der Waals surface area contributed by atoms with Crippen molar-refractivity contribution in [2.75, 3.05) is 26.2 Å². The molecule has 0 saturated carbocycles. The van der Waals surface area contributed by atoms with Crippen LogP contribution < -0.4 is 0 Å². The minimum absolute atomic E-state index is 0.271. The average Bonchev–Trinajstić information content (AvgIpc) is 3.01. The standard InChI is InChI=1S/C13H21N3O4S2/c1-2-15(9-5-12-14-6-10-21-12)22(19,20)16-7-3-11(4-8-16)13(17)18/h6,10-11H,2-5,7-9H2,1H3,(H,17,18). The van der Waals surface area contributed by atoms with Crippen molar-refractivity contribution in [3.05, 3.63) is 16.6 Å². The molecule has 0 amide bonds. The first-order chi connectivity index (χ1) is 10.4. The summed E-state index contributed by atoms with van der Waals surface area (Å²) in [6, 6.07) is 0. The molecule has 2 rings (SSSR count). The average molecular weight is 347 g/mol. The highest BCUT2D eigenvalue weighted by molar-refractivity contribution is 7.86. The van der Waals surface area contributed by atoms with Gasteiger partial charge in [0.2, 0.25) is 0 Å². The Morgan fingerprint density at radius 3 is 2.68 bits per heavy atom. The molecule has 124 valence electrons. The van der Waals surface area contributed by atoms with Crippen molar-refractivity contribution < 1.29 is 18.3 Å². The molecule has 0 aliphatic carbocycles. The van der Waals surface area contributed by atoms with E-state index < -0.39 is 22.1 Å². The van der Waals surface area contributed by atoms with E-state index in [1.807, 2.05) is 12.3 Å². The molecule has 1 saturated heterocycles. The van der Waals surface area contributed by atoms with E-state index in [9.17, 15) is 13.2 Å². The zero-order valence-electron chi connectivity index (χ0n) is 12.5. The van der Waals surface area contributed by atoms with Crippen LogP contribution in [0.3, 0.4) is 0 Å². The summed E-state index contributed by atoms with van der Waals surface area (Å²) in [4.78, 5) is 15.1. The van der Waals surface area contributed by atoms with Crippen LogP contribution in [0.4, 0.5) is 0 Å². The van der Waals surface area contributed by atoms with Gasteiger partial charge in [0, 0.05) is 44.2 Å². The number of aromatic nitrogens is 1. The van der Waals surface area contributed by atoms with E-state index in [1.54, 1.807) is 6.20 Å². The molecule has 0 atom stereocenters. The lowest BCUT2D eigenvalue weighted by Gasteiger charge is -2.33. The van der Waals surface area contributed by atoms with Crippen LogP contribution in [0.25, 0.3) is 0 Å². The molecule has 1 N–H and O–H groups in total. The summed E-state index contributed by atoms with van der Waals surface area (Å²) < 4.78 is 28.1. The second kappa shape index (κ2) is 7.49. The third-order valence-corrected chi connectivity index (χ3v) is 6.82. The van der Waals surface area contributed by atoms with Crippen LogP contribution >= 0.6 is 11.3 Å². The summed E-state index contributed by atoms with van der Waals surface area (Å²) in [6.07, 6.45) is 3.05. The molecule has 2 heterocycles. The van der Waals surface area contributed by atoms with Crippen LogP contribution in [0.2, 0.25) is 0 Å². The molecule has 9 heteroatoms. The summed E-state index contributed by atoms with van der Waals surface area (Å²) in [5, 5.41) is 11.8. The molecular formula is C13H21N3O4S2. The van der Waals surface area contributed by atoms with E-state index in [4.69, 9.17) is 5.11 Å². The summed E-state index contributed by atoms with van der Waals surface area (Å²) in [5.74, 6) is -1.27. The number of rotatable bonds is 7. The Balaban J connectivity index is 1.96. The largest absolute Gasteiger partial charge is 0.481 e. The molecule has 0 aromatic carbocycles. The Morgan fingerprint density at radius 1 is 1.50 bits per heavy atom. The van der Waals surface area contributed by atoms with Gasteiger partial charge in [-0.1, -0.05) is 6.92 Å². The third kappa shape index (κ3) is 4.03. The molecule has 0 unspecified atom stereocenters. The first-order valence-electron chi connectivity index (χ1n) is 7.31. The van der Waals surface area contributed by atoms with Gasteiger partial charge in [-0.15, -0.1) is 11.3 Å². The van der Waals surface area contributed by atoms with Crippen molar-refractivity contribution in [2.45, 2.75) is 26.2 Å². The lowest BCUT2D eigenvalue weighted by atomic mass is 9.99. The van der Waals surface area contributed by atoms with Gasteiger partial charge in [-0.25, -0.2) is 4.98 Å². The molecule has 0 spiro atoms. The molecule has 1 fully saturated rings. The fourth-order valence-corrected chi connectivity index (χ4v) is 4.79. The molecule has 1 aromatic heterocycles. The second-order valence-corrected chi connectivity index (χ2v) is 8.09. The highest BCUT2D eigenvalue weighted by Crippen LogP contribution is 2.21. The SMILES string of the molecule is CCN(CCc1nccs1)S(=O)(=O)N1CCC(C(=O)O)CC1. The van der Waals surface area contributed by atoms with Gasteiger partial charge in [-0.2, -0.15) is 17.0 Å². The number of carbonyl (C=O) groups is 1. The van der Waals surface area contributed by atoms with Crippen molar-refractivity contribution in [1.29, 1.82) is 0 Å². The van der Waals surface area contributed by atoms with E-state index in [0.717, 1.165) is 5.01 Å². The Bertz CT molecular complexity index is 580. The monoisotopic (exact) mass is 347 g/mol. The van der Waals surface area contributed by atoms with Gasteiger partial charge in [0.05, 0.1) is 10.9 Å². The third-order valence-electron chi connectivity index (χ3n) is 3.87. The zero-order valence-corrected chi connectivity index (χ0v) is 14.1. The Kier molecular flexibility index (Phi) is 5.90. The van der Waals surface area contributed by atoms with Crippen LogP contribution in [0.5, 0.6) is 0 Å². The predicted molar refractivity (Wildman–Crippen MR) is 83.9 cm³/mol. The minimum atomic E-state index is -3.53. The number of likely N-dealkylation sites (N-methyl/N-ethyl adjacent to an activating group) is 1. The van der Waals surface area contributed by atoms with Crippen LogP contribution in [-0.2, 0) is 21.4 Å². The molecule has 1 aliphatic heterocycles. The van der Waals surface area contributed by atoms with Crippen LogP contribution in [0.15, 0.2) is 11.6 Å². The first kappa shape index (κ1) is 17.3. The molecule has 0 bridgehead atoms. The van der Waals surface area contributed by atoms with Crippen LogP contribution in [0.1, 0.15) is 24.8 Å². The number of thiazole rings is 1. The van der Waals surface area contributed by atoms with Crippen LogP contribution in [-0.4, -0.2) is 59.3 Å². The number of hydrogen-bond acceptors (Lipinski definition) is 5. The summed E-state index contributed by atoms with van der Waals surface area (Å²) >= 11 is 1.51. The van der Waals surface area contributed by atoms with Gasteiger partial charge in [-0.05, 0) is 12.8 Å². The fourth-order valence-electron chi connectivity index (χ4n) is 2.53. The van der Waals surface area contributed by atoms with Gasteiger partial charge >= 0.3 is 5.97 Å². The quantitative estimate of drug-likeness (QED) is 0.796. The van der Waals surface area contributed by atoms with Crippen LogP contribution in [0, 0.1) is 5.92 Å². The maximum atomic E-state index is 12.6. The number of carboxylic acids is 1. The van der Waals surface area contributed by atoms with Gasteiger partial charge in [0.1, 0.15) is 0 Å². The summed E-state index contributed by atoms with van der Waals surface area (Å²) in [7, 11) is -3.53. The smallest absolute Gasteiger partial charge is 0.306 e. The topological polar surface area (TPSA) is 90.8 Å². The first-order valence-corrected chi connectivity index (χ1v) is 9.59. The fraction of sp³-hybridized carbons (Fsp3) is 0.692. The highest BCUT2D eigenvalue weighted by atomic mass is 32.2. The number of hydrogen-bond donors (Lipinski definition) is 1. The lowest BCUT2D eigenvalue weighted by molar-refractivity contribution is -0.142. The second-order valence-electron chi connectivity index (χ2n) is 5.19. The van der Waals surface area contributed by atoms with Crippen molar-refractivity contribution in [1.82, 2.24) is 13.6 Å². The predicted octanol–water partition coefficient (Wildman–Crippen LogP) is 1.05. The molecular weight excluding hydrogens is 326 g/mol.